The van der Waals surface area contributed by atoms with Crippen molar-refractivity contribution in [2.45, 2.75) is 43.3 Å². The van der Waals surface area contributed by atoms with Gasteiger partial charge >= 0.3 is 29.6 Å². The van der Waals surface area contributed by atoms with Crippen LogP contribution < -0.4 is 56.2 Å². The van der Waals surface area contributed by atoms with Gasteiger partial charge in [-0.3, -0.25) is 24.1 Å². The number of pyridine rings is 1. The summed E-state index contributed by atoms with van der Waals surface area (Å²) in [5.41, 5.74) is 4.89. The Morgan fingerprint density at radius 1 is 1.28 bits per heavy atom. The van der Waals surface area contributed by atoms with Crippen LogP contribution in [0.5, 0.6) is 5.75 Å². The number of thioether (sulfide) groups is 1. The van der Waals surface area contributed by atoms with Gasteiger partial charge in [0.05, 0.1) is 43.8 Å². The van der Waals surface area contributed by atoms with Gasteiger partial charge in [-0.2, -0.15) is 0 Å². The molecule has 0 aromatic carbocycles. The predicted molar refractivity (Wildman–Crippen MR) is 168 cm³/mol. The van der Waals surface area contributed by atoms with Crippen molar-refractivity contribution >= 4 is 63.6 Å². The molecule has 5 N–H and O–H groups in total. The summed E-state index contributed by atoms with van der Waals surface area (Å²) >= 11 is 2.27. The molecule has 2 aromatic rings. The van der Waals surface area contributed by atoms with Crippen LogP contribution in [0.2, 0.25) is 0 Å². The number of quaternary nitrogens is 1. The zero-order valence-corrected chi connectivity index (χ0v) is 30.6. The van der Waals surface area contributed by atoms with Gasteiger partial charge in [0, 0.05) is 41.8 Å². The van der Waals surface area contributed by atoms with E-state index in [4.69, 9.17) is 10.6 Å². The van der Waals surface area contributed by atoms with Gasteiger partial charge in [0.25, 0.3) is 17.7 Å². The molecule has 0 saturated carbocycles. The molecule has 0 radical (unpaired) electrons. The van der Waals surface area contributed by atoms with E-state index in [-0.39, 0.29) is 69.5 Å². The maximum atomic E-state index is 13.4. The number of amides is 3. The quantitative estimate of drug-likeness (QED) is 0.0582. The molecule has 4 aliphatic heterocycles. The third-order valence-corrected chi connectivity index (χ3v) is 11.2. The van der Waals surface area contributed by atoms with Gasteiger partial charge in [-0.1, -0.05) is 5.16 Å². The number of piperazine rings is 1. The first kappa shape index (κ1) is 37.3. The van der Waals surface area contributed by atoms with Crippen molar-refractivity contribution < 1.29 is 78.2 Å². The monoisotopic (exact) mass is 738 g/mol. The molecule has 1 unspecified atom stereocenters. The number of anilines is 1. The first-order chi connectivity index (χ1) is 23.3. The number of nitrogen functional groups attached to an aromatic ring is 1. The van der Waals surface area contributed by atoms with Gasteiger partial charge in [-0.15, -0.1) is 23.1 Å². The Kier molecular flexibility index (Phi) is 11.0. The van der Waals surface area contributed by atoms with Crippen molar-refractivity contribution in [3.63, 3.8) is 0 Å². The molecule has 6 rings (SSSR count). The average Bonchev–Trinajstić information content (AvgIpc) is 3.69. The Morgan fingerprint density at radius 3 is 2.70 bits per heavy atom. The molecule has 3 fully saturated rings. The van der Waals surface area contributed by atoms with Crippen molar-refractivity contribution in [2.24, 2.45) is 5.16 Å². The molecule has 0 aliphatic carbocycles. The molecule has 0 bridgehead atoms. The smallest absolute Gasteiger partial charge is 0.546 e. The van der Waals surface area contributed by atoms with Crippen LogP contribution in [0.4, 0.5) is 5.13 Å². The number of carbonyl (C=O) groups is 5. The van der Waals surface area contributed by atoms with E-state index in [9.17, 15) is 44.1 Å². The molecular formula is C29H31N8NaO10S2. The van der Waals surface area contributed by atoms with Crippen LogP contribution >= 0.6 is 23.1 Å². The second kappa shape index (κ2) is 14.7. The molecule has 2 aromatic heterocycles. The summed E-state index contributed by atoms with van der Waals surface area (Å²) in [7, 11) is 0. The van der Waals surface area contributed by atoms with E-state index < -0.39 is 58.2 Å². The number of carboxylic acid groups (broad SMARTS) is 2. The largest absolute Gasteiger partial charge is 1.00 e. The third-order valence-electron chi connectivity index (χ3n) is 9.22. The minimum Gasteiger partial charge on any atom is -0.546 e. The number of hydrogen-bond donors (Lipinski definition) is 4. The number of carbonyl (C=O) groups excluding carboxylic acids is 5. The van der Waals surface area contributed by atoms with E-state index in [1.165, 1.54) is 17.1 Å². The molecule has 3 saturated heterocycles. The number of aliphatic carboxylic acids is 2. The zero-order valence-electron chi connectivity index (χ0n) is 26.9. The number of nitrogens with zero attached hydrogens (tertiary/aromatic N) is 5. The number of hydrogen-bond acceptors (Lipinski definition) is 15. The number of fused-ring (bicyclic) bond motifs is 2. The van der Waals surface area contributed by atoms with Gasteiger partial charge in [0.2, 0.25) is 5.43 Å². The average molecular weight is 739 g/mol. The second-order valence-corrected chi connectivity index (χ2v) is 14.1. The van der Waals surface area contributed by atoms with E-state index in [1.54, 1.807) is 4.90 Å². The number of nitrogens with two attached hydrogens (primary N) is 1. The van der Waals surface area contributed by atoms with Crippen molar-refractivity contribution in [3.8, 4) is 5.75 Å². The molecule has 3 amide bonds. The van der Waals surface area contributed by atoms with E-state index in [0.29, 0.717) is 36.2 Å². The zero-order chi connectivity index (χ0) is 35.2. The van der Waals surface area contributed by atoms with Crippen LogP contribution in [-0.4, -0.2) is 127 Å². The number of aromatic nitrogens is 2. The van der Waals surface area contributed by atoms with Crippen LogP contribution in [0.3, 0.4) is 0 Å². The van der Waals surface area contributed by atoms with Gasteiger partial charge in [-0.05, 0) is 6.92 Å². The normalized spacial score (nSPS) is 25.1. The van der Waals surface area contributed by atoms with Crippen LogP contribution in [0.25, 0.3) is 0 Å². The van der Waals surface area contributed by atoms with Gasteiger partial charge in [0.1, 0.15) is 35.4 Å². The number of rotatable bonds is 10. The van der Waals surface area contributed by atoms with Gasteiger partial charge in [-0.25, -0.2) is 4.98 Å². The number of aromatic amines is 1. The fourth-order valence-electron chi connectivity index (χ4n) is 6.71. The molecule has 4 aliphatic rings. The molecule has 260 valence electrons. The SMILES string of the molecule is C[C@H](O/N=C(/C(=O)N[C@@H]1C(=O)N2C(C(=O)[O-])=C(C[N+]34CCC[C@H]3CN(C(=O)c3cc(=O)c(O)c[nH]3)CC4)CS[C@H]12)c1csc(N)n1)C(=O)[O-].[Na+]. The molecule has 18 nitrogen and oxygen atoms in total. The number of carboxylic acids is 2. The fraction of sp³-hybridized carbons (Fsp3) is 0.448. The minimum absolute atomic E-state index is 0. The number of aromatic hydroxyl groups is 1. The summed E-state index contributed by atoms with van der Waals surface area (Å²) in [4.78, 5) is 89.7. The number of thiazole rings is 1. The molecule has 21 heteroatoms. The van der Waals surface area contributed by atoms with Gasteiger partial charge < -0.3 is 55.2 Å². The maximum absolute atomic E-state index is 13.4. The van der Waals surface area contributed by atoms with E-state index in [1.807, 2.05) is 0 Å². The topological polar surface area (TPSA) is 264 Å². The standard InChI is InChI=1S/C29H32N8O10S2.Na/c1-13(27(43)44)47-34-20(17-12-49-29(30)32-17)23(40)33-21-25(42)36-22(28(45)46)14(11-48-26(21)36)10-37-5-2-3-15(37)9-35(4-6-37)24(41)16-7-18(38)19(39)8-31-16;/h7-8,12-13,15,21,26H,2-6,9-11H2,1H3,(H6-,30,31,32,33,34,38,39,40,41,43,44,45,46);/q;+1/p-1/t13-,15-,21+,26+,37?;/m0./s1. The Morgan fingerprint density at radius 2 is 2.04 bits per heavy atom. The van der Waals surface area contributed by atoms with E-state index in [0.717, 1.165) is 54.8 Å². The van der Waals surface area contributed by atoms with E-state index in [2.05, 4.69) is 20.4 Å². The summed E-state index contributed by atoms with van der Waals surface area (Å²) in [5, 5.41) is 40.1. The molecule has 0 spiro atoms. The summed E-state index contributed by atoms with van der Waals surface area (Å²) in [6, 6.07) is -0.0950. The first-order valence-corrected chi connectivity index (χ1v) is 17.1. The van der Waals surface area contributed by atoms with Crippen LogP contribution in [-0.2, 0) is 24.0 Å². The Bertz CT molecular complexity index is 1870. The van der Waals surface area contributed by atoms with Crippen LogP contribution in [0, 0.1) is 0 Å². The summed E-state index contributed by atoms with van der Waals surface area (Å²) < 4.78 is 0.524. The van der Waals surface area contributed by atoms with Crippen molar-refractivity contribution in [2.75, 3.05) is 44.2 Å². The number of H-pyrrole nitrogens is 1. The Balaban J connectivity index is 0.00000486. The minimum atomic E-state index is -1.57. The molecule has 5 atom stereocenters. The van der Waals surface area contributed by atoms with Crippen molar-refractivity contribution in [3.05, 3.63) is 50.5 Å². The summed E-state index contributed by atoms with van der Waals surface area (Å²) in [5.74, 6) is -5.32. The van der Waals surface area contributed by atoms with Crippen molar-refractivity contribution in [1.29, 1.82) is 0 Å². The molecular weight excluding hydrogens is 707 g/mol. The molecule has 6 heterocycles. The number of nitrogens with one attached hydrogen (secondary N) is 2. The maximum Gasteiger partial charge on any atom is 1.00 e. The summed E-state index contributed by atoms with van der Waals surface area (Å²) in [6.07, 6.45) is 1.21. The van der Waals surface area contributed by atoms with Crippen molar-refractivity contribution in [1.82, 2.24) is 25.1 Å². The third kappa shape index (κ3) is 6.99. The fourth-order valence-corrected chi connectivity index (χ4v) is 8.59. The van der Waals surface area contributed by atoms with Gasteiger partial charge in [0.15, 0.2) is 22.7 Å². The molecule has 50 heavy (non-hydrogen) atoms. The number of β-lactam (4-membered cyclic amide) rings is 1. The van der Waals surface area contributed by atoms with E-state index >= 15 is 0 Å². The summed E-state index contributed by atoms with van der Waals surface area (Å²) in [6.45, 7) is 3.46. The Hall–Kier alpha value is -3.95. The number of oxime groups is 1. The first-order valence-electron chi connectivity index (χ1n) is 15.2. The van der Waals surface area contributed by atoms with Crippen LogP contribution in [0.1, 0.15) is 35.9 Å². The second-order valence-electron chi connectivity index (χ2n) is 12.1. The Labute approximate surface area is 314 Å². The predicted octanol–water partition coefficient (Wildman–Crippen LogP) is -6.48. The van der Waals surface area contributed by atoms with Crippen LogP contribution in [0.15, 0.2) is 38.9 Å².